The number of methoxy groups -OCH3 is 1. The van der Waals surface area contributed by atoms with Crippen LogP contribution in [0.5, 0.6) is 5.88 Å². The summed E-state index contributed by atoms with van der Waals surface area (Å²) in [5.74, 6) is -2.09. The van der Waals surface area contributed by atoms with Gasteiger partial charge in [-0.05, 0) is 35.4 Å². The quantitative estimate of drug-likeness (QED) is 0.230. The van der Waals surface area contributed by atoms with Crippen molar-refractivity contribution in [2.24, 2.45) is 0 Å². The second-order valence-electron chi connectivity index (χ2n) is 8.64. The molecule has 1 amide bonds. The van der Waals surface area contributed by atoms with Crippen LogP contribution in [0, 0.1) is 5.82 Å². The van der Waals surface area contributed by atoms with Gasteiger partial charge < -0.3 is 15.0 Å². The highest BCUT2D eigenvalue weighted by Crippen LogP contribution is 2.36. The molecule has 0 fully saturated rings. The maximum Gasteiger partial charge on any atom is 0.421 e. The number of hydrogen-bond donors (Lipinski definition) is 2. The average molecular weight is 560 g/mol. The number of nitrogens with one attached hydrogen (secondary N) is 2. The smallest absolute Gasteiger partial charge is 0.421 e. The highest BCUT2D eigenvalue weighted by molar-refractivity contribution is 5.92. The molecule has 0 saturated carbocycles. The Balaban J connectivity index is 1.32. The molecule has 14 heteroatoms. The van der Waals surface area contributed by atoms with Crippen LogP contribution in [-0.4, -0.2) is 37.7 Å². The molecule has 4 aromatic heterocycles. The zero-order valence-electron chi connectivity index (χ0n) is 20.4. The number of pyridine rings is 2. The van der Waals surface area contributed by atoms with Gasteiger partial charge in [-0.1, -0.05) is 12.1 Å². The normalized spacial score (nSPS) is 11.8. The molecule has 0 aliphatic rings. The lowest BCUT2D eigenvalue weighted by Crippen LogP contribution is -2.17. The van der Waals surface area contributed by atoms with Gasteiger partial charge in [-0.25, -0.2) is 19.0 Å². The Morgan fingerprint density at radius 2 is 1.85 bits per heavy atom. The summed E-state index contributed by atoms with van der Waals surface area (Å²) < 4.78 is 85.3. The lowest BCUT2D eigenvalue weighted by molar-refractivity contribution is -0.139. The number of carbonyl (C=O) groups excluding carboxylic acids is 1. The molecule has 40 heavy (non-hydrogen) atoms. The Morgan fingerprint density at radius 1 is 1.05 bits per heavy atom. The number of hydrogen-bond acceptors (Lipinski definition) is 5. The number of ether oxygens (including phenoxy) is 1. The van der Waals surface area contributed by atoms with E-state index in [0.717, 1.165) is 13.3 Å². The van der Waals surface area contributed by atoms with Gasteiger partial charge in [0.1, 0.15) is 17.0 Å². The van der Waals surface area contributed by atoms with Crippen LogP contribution in [-0.2, 0) is 17.4 Å². The molecule has 206 valence electrons. The Bertz CT molecular complexity index is 1710. The lowest BCUT2D eigenvalue weighted by Gasteiger charge is -2.13. The van der Waals surface area contributed by atoms with Crippen LogP contribution in [0.2, 0.25) is 0 Å². The molecule has 4 heterocycles. The summed E-state index contributed by atoms with van der Waals surface area (Å²) in [5, 5.41) is 6.54. The molecule has 0 aliphatic heterocycles. The third kappa shape index (κ3) is 5.46. The number of benzene rings is 1. The van der Waals surface area contributed by atoms with Crippen LogP contribution < -0.4 is 10.1 Å². The van der Waals surface area contributed by atoms with Gasteiger partial charge in [0.05, 0.1) is 37.3 Å². The van der Waals surface area contributed by atoms with Gasteiger partial charge in [-0.3, -0.25) is 4.79 Å². The first-order chi connectivity index (χ1) is 19.0. The first-order valence-electron chi connectivity index (χ1n) is 11.5. The zero-order valence-corrected chi connectivity index (χ0v) is 20.4. The Kier molecular flexibility index (Phi) is 6.92. The van der Waals surface area contributed by atoms with E-state index in [0.29, 0.717) is 44.2 Å². The van der Waals surface area contributed by atoms with Gasteiger partial charge in [-0.2, -0.15) is 27.1 Å². The molecule has 0 aliphatic carbocycles. The van der Waals surface area contributed by atoms with E-state index in [1.54, 1.807) is 18.2 Å². The first kappa shape index (κ1) is 26.7. The molecule has 0 radical (unpaired) electrons. The van der Waals surface area contributed by atoms with Crippen molar-refractivity contribution in [3.8, 4) is 28.3 Å². The van der Waals surface area contributed by atoms with Crippen LogP contribution in [0.25, 0.3) is 33.4 Å². The number of fused-ring (bicyclic) bond motifs is 1. The summed E-state index contributed by atoms with van der Waals surface area (Å²) in [5.41, 5.74) is 1.10. The molecule has 0 bridgehead atoms. The maximum absolute atomic E-state index is 14.9. The minimum atomic E-state index is -4.75. The van der Waals surface area contributed by atoms with Gasteiger partial charge in [0.15, 0.2) is 0 Å². The fourth-order valence-corrected chi connectivity index (χ4v) is 4.05. The second-order valence-corrected chi connectivity index (χ2v) is 8.64. The maximum atomic E-state index is 14.9. The molecular weight excluding hydrogens is 542 g/mol. The van der Waals surface area contributed by atoms with Gasteiger partial charge >= 0.3 is 12.7 Å². The number of H-pyrrole nitrogens is 1. The number of anilines is 1. The fourth-order valence-electron chi connectivity index (χ4n) is 4.05. The number of rotatable bonds is 7. The van der Waals surface area contributed by atoms with Crippen LogP contribution >= 0.6 is 0 Å². The average Bonchev–Trinajstić information content (AvgIpc) is 3.56. The molecule has 1 aromatic carbocycles. The van der Waals surface area contributed by atoms with E-state index >= 15 is 0 Å². The summed E-state index contributed by atoms with van der Waals surface area (Å²) in [6, 6.07) is 8.29. The van der Waals surface area contributed by atoms with Crippen molar-refractivity contribution in [2.75, 3.05) is 12.4 Å². The molecule has 5 aromatic rings. The van der Waals surface area contributed by atoms with Crippen molar-refractivity contribution in [3.05, 3.63) is 78.1 Å². The minimum Gasteiger partial charge on any atom is -0.481 e. The number of alkyl halides is 5. The summed E-state index contributed by atoms with van der Waals surface area (Å²) in [6.07, 6.45) is -0.195. The molecule has 0 spiro atoms. The van der Waals surface area contributed by atoms with Crippen LogP contribution in [0.1, 0.15) is 17.7 Å². The highest BCUT2D eigenvalue weighted by atomic mass is 19.4. The van der Waals surface area contributed by atoms with Crippen LogP contribution in [0.3, 0.4) is 0 Å². The van der Waals surface area contributed by atoms with E-state index in [4.69, 9.17) is 0 Å². The number of nitrogens with zero attached hydrogens (tertiary/aromatic N) is 4. The van der Waals surface area contributed by atoms with Crippen LogP contribution in [0.4, 0.5) is 32.0 Å². The molecule has 0 saturated heterocycles. The SMILES string of the molecule is COc1ncc(NC(=O)Cc2ccc(-c3cnc4[nH]c(-c5cnn(C(F)F)c5)cc4c3)cc2F)cc1C(F)(F)F. The lowest BCUT2D eigenvalue weighted by atomic mass is 10.0. The minimum absolute atomic E-state index is 0.0211. The highest BCUT2D eigenvalue weighted by Gasteiger charge is 2.35. The van der Waals surface area contributed by atoms with Crippen molar-refractivity contribution in [1.82, 2.24) is 24.7 Å². The van der Waals surface area contributed by atoms with Crippen molar-refractivity contribution >= 4 is 22.6 Å². The molecule has 2 N–H and O–H groups in total. The second kappa shape index (κ2) is 10.4. The van der Waals surface area contributed by atoms with E-state index in [1.165, 1.54) is 30.7 Å². The molecule has 0 unspecified atom stereocenters. The summed E-state index contributed by atoms with van der Waals surface area (Å²) in [6.45, 7) is -2.77. The van der Waals surface area contributed by atoms with E-state index in [2.05, 4.69) is 30.1 Å². The predicted molar refractivity (Wildman–Crippen MR) is 132 cm³/mol. The number of halogens is 6. The Morgan fingerprint density at radius 3 is 2.52 bits per heavy atom. The summed E-state index contributed by atoms with van der Waals surface area (Å²) in [7, 11) is 1.04. The third-order valence-electron chi connectivity index (χ3n) is 5.95. The zero-order chi connectivity index (χ0) is 28.6. The number of carbonyl (C=O) groups is 1. The first-order valence-corrected chi connectivity index (χ1v) is 11.5. The number of aromatic amines is 1. The number of amides is 1. The third-order valence-corrected chi connectivity index (χ3v) is 5.95. The fraction of sp³-hybridized carbons (Fsp3) is 0.154. The Hall–Kier alpha value is -4.88. The predicted octanol–water partition coefficient (Wildman–Crippen LogP) is 6.23. The molecular formula is C26H18F6N6O2. The largest absolute Gasteiger partial charge is 0.481 e. The summed E-state index contributed by atoms with van der Waals surface area (Å²) >= 11 is 0. The van der Waals surface area contributed by atoms with Crippen molar-refractivity contribution in [2.45, 2.75) is 19.1 Å². The monoisotopic (exact) mass is 560 g/mol. The Labute approximate surface area is 221 Å². The van der Waals surface area contributed by atoms with E-state index in [-0.39, 0.29) is 11.3 Å². The van der Waals surface area contributed by atoms with Crippen molar-refractivity contribution in [3.63, 3.8) is 0 Å². The van der Waals surface area contributed by atoms with E-state index < -0.39 is 42.3 Å². The van der Waals surface area contributed by atoms with E-state index in [9.17, 15) is 31.1 Å². The van der Waals surface area contributed by atoms with Gasteiger partial charge in [0, 0.05) is 28.9 Å². The van der Waals surface area contributed by atoms with Gasteiger partial charge in [0.2, 0.25) is 11.8 Å². The van der Waals surface area contributed by atoms with Crippen LogP contribution in [0.15, 0.2) is 61.2 Å². The standard InChI is InChI=1S/C26H18F6N6O2/c1-40-24-19(26(30,31)32)8-18(11-34-24)36-22(39)7-14-3-2-13(5-20(14)27)16-4-15-6-21(37-23(15)33-9-16)17-10-35-38(12-17)25(28)29/h2-6,8-12,25H,7H2,1H3,(H,33,37)(H,36,39). The topological polar surface area (TPSA) is 97.7 Å². The molecule has 0 atom stereocenters. The molecule has 8 nitrogen and oxygen atoms in total. The summed E-state index contributed by atoms with van der Waals surface area (Å²) in [4.78, 5) is 23.3. The van der Waals surface area contributed by atoms with E-state index in [1.807, 2.05) is 0 Å². The number of aromatic nitrogens is 5. The van der Waals surface area contributed by atoms with Gasteiger partial charge in [-0.15, -0.1) is 0 Å². The van der Waals surface area contributed by atoms with Crippen molar-refractivity contribution < 1.29 is 35.9 Å². The molecule has 5 rings (SSSR count). The van der Waals surface area contributed by atoms with Crippen molar-refractivity contribution in [1.29, 1.82) is 0 Å². The van der Waals surface area contributed by atoms with Gasteiger partial charge in [0.25, 0.3) is 0 Å².